The summed E-state index contributed by atoms with van der Waals surface area (Å²) in [6.45, 7) is 1.63. The average Bonchev–Trinajstić information content (AvgIpc) is 2.85. The largest absolute Gasteiger partial charge is 0.508 e. The van der Waals surface area contributed by atoms with E-state index in [1.54, 1.807) is 0 Å². The Labute approximate surface area is 218 Å². The molecule has 14 heteroatoms. The maximum absolute atomic E-state index is 13.5. The van der Waals surface area contributed by atoms with E-state index in [1.807, 2.05) is 0 Å². The molecule has 1 aliphatic rings. The Morgan fingerprint density at radius 1 is 0.923 bits per heavy atom. The number of carbonyl (C=O) groups is 2. The predicted octanol–water partition coefficient (Wildman–Crippen LogP) is 0.603. The summed E-state index contributed by atoms with van der Waals surface area (Å²) in [4.78, 5) is 36.4. The molecule has 0 bridgehead atoms. The van der Waals surface area contributed by atoms with Gasteiger partial charge in [0.15, 0.2) is 23.4 Å². The molecule has 0 spiro atoms. The van der Waals surface area contributed by atoms with Crippen LogP contribution in [0.1, 0.15) is 13.8 Å². The predicted molar refractivity (Wildman–Crippen MR) is 128 cm³/mol. The van der Waals surface area contributed by atoms with Crippen LogP contribution in [0.2, 0.25) is 0 Å². The van der Waals surface area contributed by atoms with E-state index >= 15 is 0 Å². The molecule has 0 saturated carbocycles. The van der Waals surface area contributed by atoms with Crippen molar-refractivity contribution in [3.8, 4) is 40.1 Å². The number of hydrogen-bond acceptors (Lipinski definition) is 14. The number of phenols is 4. The number of aromatic hydroxyl groups is 4. The van der Waals surface area contributed by atoms with Gasteiger partial charge in [0.2, 0.25) is 17.5 Å². The number of hydrogen-bond donors (Lipinski definition) is 6. The van der Waals surface area contributed by atoms with E-state index in [-0.39, 0.29) is 16.9 Å². The molecule has 1 saturated heterocycles. The van der Waals surface area contributed by atoms with Crippen molar-refractivity contribution in [3.63, 3.8) is 0 Å². The maximum Gasteiger partial charge on any atom is 0.303 e. The molecule has 3 aromatic rings. The van der Waals surface area contributed by atoms with Crippen LogP contribution < -0.4 is 10.2 Å². The van der Waals surface area contributed by atoms with Gasteiger partial charge in [0.05, 0.1) is 0 Å². The van der Waals surface area contributed by atoms with Gasteiger partial charge in [-0.05, 0) is 18.2 Å². The second-order valence-corrected chi connectivity index (χ2v) is 8.65. The zero-order valence-corrected chi connectivity index (χ0v) is 20.4. The standard InChI is InChI=1S/C25H24O14/c1-9(26)35-8-17-23(36-10(2)27)20(33)21(34)25(38-17)39-24-19(32)18-15(31)6-12(28)7-16(18)37-22(24)11-3-4-13(29)14(30)5-11/h3-7,17,20-21,23,25,28-31,33-34H,8H2,1-2H3/t17-,20-,21-,23+,25+/m1/s1. The zero-order chi connectivity index (χ0) is 28.6. The van der Waals surface area contributed by atoms with Crippen molar-refractivity contribution in [3.05, 3.63) is 40.6 Å². The molecule has 0 unspecified atom stereocenters. The molecule has 1 aliphatic heterocycles. The fourth-order valence-electron chi connectivity index (χ4n) is 4.02. The smallest absolute Gasteiger partial charge is 0.303 e. The molecule has 4 rings (SSSR count). The molecule has 0 aliphatic carbocycles. The Kier molecular flexibility index (Phi) is 7.53. The summed E-state index contributed by atoms with van der Waals surface area (Å²) in [7, 11) is 0. The number of ether oxygens (including phenoxy) is 4. The first-order valence-corrected chi connectivity index (χ1v) is 11.4. The van der Waals surface area contributed by atoms with Gasteiger partial charge in [-0.1, -0.05) is 0 Å². The van der Waals surface area contributed by atoms with Crippen molar-refractivity contribution in [1.29, 1.82) is 0 Å². The molecule has 2 heterocycles. The topological polar surface area (TPSA) is 223 Å². The first-order chi connectivity index (χ1) is 18.4. The first-order valence-electron chi connectivity index (χ1n) is 11.4. The number of esters is 2. The van der Waals surface area contributed by atoms with E-state index < -0.39 is 88.8 Å². The lowest BCUT2D eigenvalue weighted by molar-refractivity contribution is -0.282. The van der Waals surface area contributed by atoms with E-state index in [9.17, 15) is 45.0 Å². The highest BCUT2D eigenvalue weighted by molar-refractivity contribution is 5.88. The molecule has 0 amide bonds. The normalized spacial score (nSPS) is 22.8. The molecule has 6 N–H and O–H groups in total. The van der Waals surface area contributed by atoms with Crippen LogP contribution in [0.15, 0.2) is 39.5 Å². The lowest BCUT2D eigenvalue weighted by atomic mass is 9.99. The number of carbonyl (C=O) groups excluding carboxylic acids is 2. The molecule has 14 nitrogen and oxygen atoms in total. The minimum Gasteiger partial charge on any atom is -0.508 e. The highest BCUT2D eigenvalue weighted by atomic mass is 16.7. The maximum atomic E-state index is 13.5. The second-order valence-electron chi connectivity index (χ2n) is 8.65. The third-order valence-electron chi connectivity index (χ3n) is 5.78. The molecular weight excluding hydrogens is 524 g/mol. The van der Waals surface area contributed by atoms with Crippen LogP contribution in [0, 0.1) is 0 Å². The summed E-state index contributed by atoms with van der Waals surface area (Å²) in [6, 6.07) is 5.29. The quantitative estimate of drug-likeness (QED) is 0.183. The summed E-state index contributed by atoms with van der Waals surface area (Å²) in [5.41, 5.74) is -1.29. The molecule has 1 fully saturated rings. The SMILES string of the molecule is CC(=O)OC[C@H]1O[C@@H](Oc2c(-c3ccc(O)c(O)c3)oc3cc(O)cc(O)c3c2=O)[C@H](O)[C@@H](O)[C@H]1OC(C)=O. The van der Waals surface area contributed by atoms with Crippen molar-refractivity contribution >= 4 is 22.9 Å². The van der Waals surface area contributed by atoms with Gasteiger partial charge in [-0.15, -0.1) is 0 Å². The highest BCUT2D eigenvalue weighted by Gasteiger charge is 2.48. The average molecular weight is 548 g/mol. The Morgan fingerprint density at radius 2 is 1.64 bits per heavy atom. The van der Waals surface area contributed by atoms with Crippen LogP contribution >= 0.6 is 0 Å². The highest BCUT2D eigenvalue weighted by Crippen LogP contribution is 2.39. The van der Waals surface area contributed by atoms with Crippen LogP contribution in [0.3, 0.4) is 0 Å². The third-order valence-corrected chi connectivity index (χ3v) is 5.78. The van der Waals surface area contributed by atoms with Crippen molar-refractivity contribution in [2.45, 2.75) is 44.6 Å². The Hall–Kier alpha value is -4.53. The van der Waals surface area contributed by atoms with E-state index in [4.69, 9.17) is 23.4 Å². The number of rotatable bonds is 6. The molecule has 5 atom stereocenters. The molecule has 39 heavy (non-hydrogen) atoms. The Morgan fingerprint density at radius 3 is 2.28 bits per heavy atom. The van der Waals surface area contributed by atoms with Crippen LogP contribution in [-0.4, -0.2) is 79.9 Å². The molecule has 2 aromatic carbocycles. The van der Waals surface area contributed by atoms with Gasteiger partial charge in [-0.2, -0.15) is 0 Å². The van der Waals surface area contributed by atoms with Crippen molar-refractivity contribution < 1.29 is 63.6 Å². The summed E-state index contributed by atoms with van der Waals surface area (Å²) < 4.78 is 27.0. The van der Waals surface area contributed by atoms with Crippen molar-refractivity contribution in [2.24, 2.45) is 0 Å². The van der Waals surface area contributed by atoms with Crippen molar-refractivity contribution in [2.75, 3.05) is 6.61 Å². The first kappa shape index (κ1) is 27.5. The van der Waals surface area contributed by atoms with Crippen LogP contribution in [0.25, 0.3) is 22.3 Å². The van der Waals surface area contributed by atoms with E-state index in [0.29, 0.717) is 0 Å². The minimum atomic E-state index is -1.92. The van der Waals surface area contributed by atoms with Crippen LogP contribution in [0.4, 0.5) is 0 Å². The molecule has 1 aromatic heterocycles. The number of aliphatic hydroxyl groups excluding tert-OH is 2. The van der Waals surface area contributed by atoms with Crippen molar-refractivity contribution in [1.82, 2.24) is 0 Å². The summed E-state index contributed by atoms with van der Waals surface area (Å²) in [6.07, 6.45) is -8.42. The summed E-state index contributed by atoms with van der Waals surface area (Å²) in [5.74, 6) is -4.77. The number of aliphatic hydroxyl groups is 2. The number of fused-ring (bicyclic) bond motifs is 1. The van der Waals surface area contributed by atoms with E-state index in [1.165, 1.54) is 6.07 Å². The Balaban J connectivity index is 1.83. The van der Waals surface area contributed by atoms with E-state index in [0.717, 1.165) is 38.1 Å². The fourth-order valence-corrected chi connectivity index (χ4v) is 4.02. The summed E-state index contributed by atoms with van der Waals surface area (Å²) in [5, 5.41) is 60.9. The molecule has 0 radical (unpaired) electrons. The van der Waals surface area contributed by atoms with Gasteiger partial charge in [0.25, 0.3) is 0 Å². The van der Waals surface area contributed by atoms with Gasteiger partial charge in [0, 0.05) is 31.5 Å². The zero-order valence-electron chi connectivity index (χ0n) is 20.4. The van der Waals surface area contributed by atoms with E-state index in [2.05, 4.69) is 0 Å². The van der Waals surface area contributed by atoms with Crippen LogP contribution in [-0.2, 0) is 23.8 Å². The second kappa shape index (κ2) is 10.7. The number of phenolic OH excluding ortho intramolecular Hbond substituents is 4. The monoisotopic (exact) mass is 548 g/mol. The Bertz CT molecular complexity index is 1480. The fraction of sp³-hybridized carbons (Fsp3) is 0.320. The third kappa shape index (κ3) is 5.52. The van der Waals surface area contributed by atoms with Gasteiger partial charge in [-0.3, -0.25) is 14.4 Å². The lowest BCUT2D eigenvalue weighted by Gasteiger charge is -2.41. The molecular formula is C25H24O14. The lowest BCUT2D eigenvalue weighted by Crippen LogP contribution is -2.61. The summed E-state index contributed by atoms with van der Waals surface area (Å²) >= 11 is 0. The van der Waals surface area contributed by atoms with Gasteiger partial charge < -0.3 is 54.0 Å². The van der Waals surface area contributed by atoms with Gasteiger partial charge in [0.1, 0.15) is 47.4 Å². The molecule has 208 valence electrons. The van der Waals surface area contributed by atoms with Crippen LogP contribution in [0.5, 0.6) is 28.7 Å². The minimum absolute atomic E-state index is 0.0118. The van der Waals surface area contributed by atoms with Gasteiger partial charge in [-0.25, -0.2) is 0 Å². The van der Waals surface area contributed by atoms with Gasteiger partial charge >= 0.3 is 11.9 Å². The number of benzene rings is 2.